The van der Waals surface area contributed by atoms with Crippen molar-refractivity contribution in [2.45, 2.75) is 114 Å². The molecular formula is C32H42FN3O4. The van der Waals surface area contributed by atoms with Gasteiger partial charge in [-0.05, 0) is 94.2 Å². The number of ether oxygens (including phenoxy) is 2. The highest BCUT2D eigenvalue weighted by molar-refractivity contribution is 5.94. The van der Waals surface area contributed by atoms with Crippen LogP contribution < -0.4 is 5.32 Å². The van der Waals surface area contributed by atoms with E-state index in [1.54, 1.807) is 6.92 Å². The van der Waals surface area contributed by atoms with Crippen molar-refractivity contribution in [1.82, 2.24) is 15.1 Å². The monoisotopic (exact) mass is 551 g/mol. The van der Waals surface area contributed by atoms with Crippen LogP contribution in [0.2, 0.25) is 0 Å². The maximum absolute atomic E-state index is 14.0. The van der Waals surface area contributed by atoms with Crippen molar-refractivity contribution in [3.8, 4) is 0 Å². The molecule has 6 rings (SSSR count). The number of amides is 1. The summed E-state index contributed by atoms with van der Waals surface area (Å²) in [6.45, 7) is 2.03. The number of rotatable bonds is 7. The van der Waals surface area contributed by atoms with Crippen LogP contribution in [-0.2, 0) is 22.3 Å². The van der Waals surface area contributed by atoms with Gasteiger partial charge in [0.1, 0.15) is 11.9 Å². The molecule has 1 heterocycles. The van der Waals surface area contributed by atoms with Crippen molar-refractivity contribution in [3.63, 3.8) is 0 Å². The number of nitrogens with one attached hydrogen (secondary N) is 1. The van der Waals surface area contributed by atoms with Crippen molar-refractivity contribution in [1.29, 1.82) is 0 Å². The summed E-state index contributed by atoms with van der Waals surface area (Å²) >= 11 is 0. The fourth-order valence-corrected chi connectivity index (χ4v) is 7.97. The first-order valence-electron chi connectivity index (χ1n) is 15.5. The Morgan fingerprint density at radius 3 is 2.52 bits per heavy atom. The maximum Gasteiger partial charge on any atom is 0.508 e. The van der Waals surface area contributed by atoms with Crippen LogP contribution in [0.3, 0.4) is 0 Å². The number of nitrogens with zero attached hydrogens (tertiary/aromatic N) is 2. The summed E-state index contributed by atoms with van der Waals surface area (Å²) in [7, 11) is 0. The van der Waals surface area contributed by atoms with Gasteiger partial charge < -0.3 is 14.8 Å². The predicted octanol–water partition coefficient (Wildman–Crippen LogP) is 6.65. The van der Waals surface area contributed by atoms with E-state index in [1.807, 2.05) is 12.1 Å². The quantitative estimate of drug-likeness (QED) is 0.308. The zero-order chi connectivity index (χ0) is 27.6. The minimum atomic E-state index is -0.654. The number of hydrogen-bond donors (Lipinski definition) is 1. The number of carbonyl (C=O) groups excluding carboxylic acids is 2. The smallest absolute Gasteiger partial charge is 0.435 e. The predicted molar refractivity (Wildman–Crippen MR) is 149 cm³/mol. The van der Waals surface area contributed by atoms with Gasteiger partial charge >= 0.3 is 6.16 Å². The molecule has 2 aromatic rings. The summed E-state index contributed by atoms with van der Waals surface area (Å²) in [4.78, 5) is 26.2. The highest BCUT2D eigenvalue weighted by Gasteiger charge is 2.51. The van der Waals surface area contributed by atoms with Gasteiger partial charge in [-0.3, -0.25) is 9.48 Å². The molecule has 2 bridgehead atoms. The molecular weight excluding hydrogens is 509 g/mol. The normalized spacial score (nSPS) is 28.1. The van der Waals surface area contributed by atoms with E-state index >= 15 is 0 Å². The third-order valence-electron chi connectivity index (χ3n) is 9.83. The SMILES string of the molecule is CCOC(=O)O[C@@H]1C2CCC(C2)[C@@H]1NC(=O)c1nn(C2CCCCC2)c2c1CCCCC2Cc1ccc(F)cc1. The maximum atomic E-state index is 14.0. The Labute approximate surface area is 236 Å². The Morgan fingerprint density at radius 2 is 1.75 bits per heavy atom. The van der Waals surface area contributed by atoms with Gasteiger partial charge in [0.25, 0.3) is 5.91 Å². The molecule has 3 unspecified atom stereocenters. The summed E-state index contributed by atoms with van der Waals surface area (Å²) in [5.41, 5.74) is 3.96. The topological polar surface area (TPSA) is 82.4 Å². The average Bonchev–Trinajstić information content (AvgIpc) is 3.63. The Bertz CT molecular complexity index is 1210. The Kier molecular flexibility index (Phi) is 8.12. The van der Waals surface area contributed by atoms with Crippen molar-refractivity contribution in [2.75, 3.05) is 6.61 Å². The minimum Gasteiger partial charge on any atom is -0.435 e. The molecule has 216 valence electrons. The molecule has 40 heavy (non-hydrogen) atoms. The third-order valence-corrected chi connectivity index (χ3v) is 9.83. The van der Waals surface area contributed by atoms with Crippen molar-refractivity contribution in [2.24, 2.45) is 11.8 Å². The summed E-state index contributed by atoms with van der Waals surface area (Å²) in [6, 6.07) is 6.93. The minimum absolute atomic E-state index is 0.150. The highest BCUT2D eigenvalue weighted by atomic mass is 19.1. The van der Waals surface area contributed by atoms with Crippen LogP contribution in [0, 0.1) is 17.7 Å². The first-order chi connectivity index (χ1) is 19.5. The first-order valence-corrected chi connectivity index (χ1v) is 15.5. The van der Waals surface area contributed by atoms with E-state index in [4.69, 9.17) is 14.6 Å². The Balaban J connectivity index is 1.31. The third kappa shape index (κ3) is 5.51. The molecule has 1 aromatic carbocycles. The summed E-state index contributed by atoms with van der Waals surface area (Å²) in [6.07, 6.45) is 12.6. The molecule has 0 saturated heterocycles. The van der Waals surface area contributed by atoms with Gasteiger partial charge in [0.2, 0.25) is 0 Å². The summed E-state index contributed by atoms with van der Waals surface area (Å²) in [5, 5.41) is 8.39. The van der Waals surface area contributed by atoms with E-state index in [0.29, 0.717) is 17.7 Å². The van der Waals surface area contributed by atoms with Crippen LogP contribution in [0.15, 0.2) is 24.3 Å². The molecule has 0 spiro atoms. The number of benzene rings is 1. The zero-order valence-electron chi connectivity index (χ0n) is 23.6. The van der Waals surface area contributed by atoms with Crippen LogP contribution >= 0.6 is 0 Å². The van der Waals surface area contributed by atoms with E-state index in [-0.39, 0.29) is 42.3 Å². The van der Waals surface area contributed by atoms with Gasteiger partial charge in [0, 0.05) is 17.2 Å². The van der Waals surface area contributed by atoms with Crippen molar-refractivity contribution in [3.05, 3.63) is 52.6 Å². The lowest BCUT2D eigenvalue weighted by molar-refractivity contribution is -0.00578. The van der Waals surface area contributed by atoms with E-state index in [2.05, 4.69) is 10.00 Å². The standard InChI is InChI=1S/C32H42FN3O4/c1-2-39-32(38)40-30-23-15-14-21(19-23)27(30)34-31(37)28-26-11-7-6-8-22(18-20-12-16-24(33)17-13-20)29(26)36(35-28)25-9-4-3-5-10-25/h12-13,16-17,21-23,25,27,30H,2-11,14-15,18-19H2,1H3,(H,34,37)/t21?,22?,23?,27-,30+/m0/s1. The molecule has 1 N–H and O–H groups in total. The van der Waals surface area contributed by atoms with Crippen molar-refractivity contribution < 1.29 is 23.5 Å². The van der Waals surface area contributed by atoms with E-state index in [9.17, 15) is 14.0 Å². The molecule has 1 aromatic heterocycles. The zero-order valence-corrected chi connectivity index (χ0v) is 23.6. The van der Waals surface area contributed by atoms with Crippen LogP contribution in [0.1, 0.15) is 117 Å². The van der Waals surface area contributed by atoms with Gasteiger partial charge in [0.15, 0.2) is 5.69 Å². The molecule has 4 aliphatic rings. The molecule has 0 aliphatic heterocycles. The number of halogens is 1. The highest BCUT2D eigenvalue weighted by Crippen LogP contribution is 2.47. The van der Waals surface area contributed by atoms with Gasteiger partial charge in [-0.1, -0.05) is 37.8 Å². The molecule has 0 radical (unpaired) electrons. The second kappa shape index (κ2) is 11.9. The molecule has 8 heteroatoms. The fraction of sp³-hybridized carbons (Fsp3) is 0.656. The second-order valence-electron chi connectivity index (χ2n) is 12.3. The molecule has 1 amide bonds. The van der Waals surface area contributed by atoms with E-state index in [1.165, 1.54) is 37.1 Å². The Hall–Kier alpha value is -2.90. The lowest BCUT2D eigenvalue weighted by Gasteiger charge is -2.30. The molecule has 7 nitrogen and oxygen atoms in total. The van der Waals surface area contributed by atoms with E-state index in [0.717, 1.165) is 75.3 Å². The van der Waals surface area contributed by atoms with Gasteiger partial charge in [-0.25, -0.2) is 9.18 Å². The van der Waals surface area contributed by atoms with Gasteiger partial charge in [0.05, 0.1) is 18.7 Å². The van der Waals surface area contributed by atoms with Crippen LogP contribution in [-0.4, -0.2) is 40.6 Å². The molecule has 4 aliphatic carbocycles. The van der Waals surface area contributed by atoms with Crippen molar-refractivity contribution >= 4 is 12.1 Å². The average molecular weight is 552 g/mol. The molecule has 5 atom stereocenters. The van der Waals surface area contributed by atoms with Crippen LogP contribution in [0.5, 0.6) is 0 Å². The van der Waals surface area contributed by atoms with Gasteiger partial charge in [-0.15, -0.1) is 0 Å². The molecule has 3 fully saturated rings. The lowest BCUT2D eigenvalue weighted by Crippen LogP contribution is -2.49. The van der Waals surface area contributed by atoms with E-state index < -0.39 is 6.16 Å². The fourth-order valence-electron chi connectivity index (χ4n) is 7.97. The second-order valence-corrected chi connectivity index (χ2v) is 12.3. The number of aromatic nitrogens is 2. The van der Waals surface area contributed by atoms with Crippen LogP contribution in [0.4, 0.5) is 9.18 Å². The number of hydrogen-bond acceptors (Lipinski definition) is 5. The number of fused-ring (bicyclic) bond motifs is 3. The van der Waals surface area contributed by atoms with Gasteiger partial charge in [-0.2, -0.15) is 5.10 Å². The Morgan fingerprint density at radius 1 is 1.00 bits per heavy atom. The van der Waals surface area contributed by atoms with Crippen LogP contribution in [0.25, 0.3) is 0 Å². The summed E-state index contributed by atoms with van der Waals surface area (Å²) < 4.78 is 26.6. The largest absolute Gasteiger partial charge is 0.508 e. The molecule has 3 saturated carbocycles. The summed E-state index contributed by atoms with van der Waals surface area (Å²) in [5.74, 6) is 0.433. The first kappa shape index (κ1) is 27.3. The number of carbonyl (C=O) groups is 2. The lowest BCUT2D eigenvalue weighted by atomic mass is 9.89.